The predicted octanol–water partition coefficient (Wildman–Crippen LogP) is 2.46. The highest BCUT2D eigenvalue weighted by molar-refractivity contribution is 5.98. The van der Waals surface area contributed by atoms with Crippen LogP contribution in [0.15, 0.2) is 12.1 Å². The molecule has 6 nitrogen and oxygen atoms in total. The lowest BCUT2D eigenvalue weighted by atomic mass is 9.82. The first-order valence-electron chi connectivity index (χ1n) is 7.28. The fraction of sp³-hybridized carbons (Fsp3) is 0.500. The van der Waals surface area contributed by atoms with E-state index in [4.69, 9.17) is 9.47 Å². The third kappa shape index (κ3) is 3.72. The van der Waals surface area contributed by atoms with Gasteiger partial charge >= 0.3 is 5.97 Å². The van der Waals surface area contributed by atoms with E-state index in [2.05, 4.69) is 5.32 Å². The second-order valence-electron chi connectivity index (χ2n) is 5.13. The van der Waals surface area contributed by atoms with E-state index in [0.29, 0.717) is 12.8 Å². The number of nitrogens with one attached hydrogen (secondary N) is 1. The number of rotatable bonds is 8. The number of aliphatic carboxylic acids is 1. The summed E-state index contributed by atoms with van der Waals surface area (Å²) in [6.07, 6.45) is 0.688. The number of methoxy groups -OCH3 is 2. The summed E-state index contributed by atoms with van der Waals surface area (Å²) in [5.41, 5.74) is -1.39. The van der Waals surface area contributed by atoms with Gasteiger partial charge in [-0.05, 0) is 25.0 Å². The Kier molecular flexibility index (Phi) is 6.36. The fourth-order valence-corrected chi connectivity index (χ4v) is 2.33. The Morgan fingerprint density at radius 2 is 1.83 bits per heavy atom. The largest absolute Gasteiger partial charge is 0.493 e. The molecule has 128 valence electrons. The lowest BCUT2D eigenvalue weighted by Gasteiger charge is -2.27. The minimum absolute atomic E-state index is 0.0288. The van der Waals surface area contributed by atoms with Gasteiger partial charge in [0.05, 0.1) is 19.6 Å². The molecule has 0 unspecified atom stereocenters. The molecule has 1 amide bonds. The van der Waals surface area contributed by atoms with Crippen molar-refractivity contribution in [3.8, 4) is 11.5 Å². The van der Waals surface area contributed by atoms with Crippen molar-refractivity contribution in [2.75, 3.05) is 20.8 Å². The number of benzene rings is 1. The molecule has 7 heteroatoms. The highest BCUT2D eigenvalue weighted by atomic mass is 19.1. The van der Waals surface area contributed by atoms with Gasteiger partial charge in [0.15, 0.2) is 11.5 Å². The normalized spacial score (nSPS) is 11.0. The Morgan fingerprint density at radius 1 is 1.22 bits per heavy atom. The van der Waals surface area contributed by atoms with E-state index in [9.17, 15) is 19.1 Å². The molecule has 0 bridgehead atoms. The van der Waals surface area contributed by atoms with Crippen molar-refractivity contribution in [1.29, 1.82) is 0 Å². The van der Waals surface area contributed by atoms with Gasteiger partial charge in [-0.25, -0.2) is 4.39 Å². The Bertz CT molecular complexity index is 584. The maximum absolute atomic E-state index is 14.0. The van der Waals surface area contributed by atoms with Crippen LogP contribution in [0.4, 0.5) is 4.39 Å². The van der Waals surface area contributed by atoms with Crippen molar-refractivity contribution in [1.82, 2.24) is 5.32 Å². The van der Waals surface area contributed by atoms with Gasteiger partial charge in [-0.1, -0.05) is 13.8 Å². The Morgan fingerprint density at radius 3 is 2.26 bits per heavy atom. The van der Waals surface area contributed by atoms with Crippen molar-refractivity contribution < 1.29 is 28.6 Å². The Hall–Kier alpha value is -2.31. The quantitative estimate of drug-likeness (QED) is 0.766. The van der Waals surface area contributed by atoms with E-state index in [1.807, 2.05) is 0 Å². The lowest BCUT2D eigenvalue weighted by molar-refractivity contribution is -0.149. The molecule has 1 aromatic carbocycles. The molecule has 2 N–H and O–H groups in total. The summed E-state index contributed by atoms with van der Waals surface area (Å²) in [6.45, 7) is 3.36. The molecular weight excluding hydrogens is 305 g/mol. The van der Waals surface area contributed by atoms with Crippen LogP contribution in [0, 0.1) is 11.2 Å². The molecule has 1 rings (SSSR count). The molecule has 0 aliphatic rings. The molecule has 0 heterocycles. The average Bonchev–Trinajstić information content (AvgIpc) is 2.55. The first-order chi connectivity index (χ1) is 10.9. The molecule has 0 spiro atoms. The van der Waals surface area contributed by atoms with Gasteiger partial charge in [0.25, 0.3) is 5.91 Å². The van der Waals surface area contributed by atoms with Gasteiger partial charge in [0.1, 0.15) is 11.4 Å². The van der Waals surface area contributed by atoms with Gasteiger partial charge in [0, 0.05) is 6.54 Å². The van der Waals surface area contributed by atoms with Crippen molar-refractivity contribution in [2.45, 2.75) is 26.7 Å². The van der Waals surface area contributed by atoms with E-state index < -0.39 is 23.1 Å². The molecule has 0 fully saturated rings. The monoisotopic (exact) mass is 327 g/mol. The van der Waals surface area contributed by atoms with E-state index >= 15 is 0 Å². The first kappa shape index (κ1) is 18.7. The van der Waals surface area contributed by atoms with Crippen LogP contribution in [0.5, 0.6) is 11.5 Å². The molecular formula is C16H22FNO5. The zero-order valence-electron chi connectivity index (χ0n) is 13.7. The van der Waals surface area contributed by atoms with Crippen LogP contribution in [0.1, 0.15) is 37.0 Å². The minimum atomic E-state index is -1.09. The summed E-state index contributed by atoms with van der Waals surface area (Å²) in [4.78, 5) is 23.8. The maximum Gasteiger partial charge on any atom is 0.311 e. The number of halogens is 1. The van der Waals surface area contributed by atoms with Crippen LogP contribution in [-0.4, -0.2) is 37.7 Å². The van der Waals surface area contributed by atoms with E-state index in [1.165, 1.54) is 20.3 Å². The number of hydrogen-bond donors (Lipinski definition) is 2. The second kappa shape index (κ2) is 7.80. The molecule has 0 aromatic heterocycles. The molecule has 23 heavy (non-hydrogen) atoms. The van der Waals surface area contributed by atoms with Crippen LogP contribution < -0.4 is 14.8 Å². The van der Waals surface area contributed by atoms with Gasteiger partial charge < -0.3 is 19.9 Å². The smallest absolute Gasteiger partial charge is 0.311 e. The fourth-order valence-electron chi connectivity index (χ4n) is 2.33. The average molecular weight is 327 g/mol. The van der Waals surface area contributed by atoms with E-state index in [1.54, 1.807) is 13.8 Å². The third-order valence-electron chi connectivity index (χ3n) is 4.12. The Balaban J connectivity index is 3.10. The molecule has 0 aliphatic heterocycles. The number of ether oxygens (including phenoxy) is 2. The molecule has 0 atom stereocenters. The highest BCUT2D eigenvalue weighted by Crippen LogP contribution is 2.33. The Labute approximate surface area is 134 Å². The molecule has 0 radical (unpaired) electrons. The summed E-state index contributed by atoms with van der Waals surface area (Å²) in [6, 6.07) is 2.45. The molecule has 0 saturated carbocycles. The number of carbonyl (C=O) groups is 2. The molecule has 0 saturated heterocycles. The SMILES string of the molecule is CCC(CC)(CNC(=O)c1c(F)ccc(OC)c1OC)C(=O)O. The van der Waals surface area contributed by atoms with Gasteiger partial charge in [-0.3, -0.25) is 9.59 Å². The number of carboxylic acid groups (broad SMARTS) is 1. The minimum Gasteiger partial charge on any atom is -0.493 e. The standard InChI is InChI=1S/C16H22FNO5/c1-5-16(6-2,15(20)21)9-18-14(19)12-10(17)7-8-11(22-3)13(12)23-4/h7-8H,5-6,9H2,1-4H3,(H,18,19)(H,20,21). The van der Waals surface area contributed by atoms with Crippen LogP contribution in [-0.2, 0) is 4.79 Å². The van der Waals surface area contributed by atoms with Crippen molar-refractivity contribution >= 4 is 11.9 Å². The number of carboxylic acids is 1. The van der Waals surface area contributed by atoms with Crippen LogP contribution in [0.2, 0.25) is 0 Å². The summed E-state index contributed by atoms with van der Waals surface area (Å²) in [5, 5.41) is 11.9. The zero-order chi connectivity index (χ0) is 17.6. The maximum atomic E-state index is 14.0. The van der Waals surface area contributed by atoms with Crippen LogP contribution in [0.25, 0.3) is 0 Å². The van der Waals surface area contributed by atoms with Crippen molar-refractivity contribution in [2.24, 2.45) is 5.41 Å². The van der Waals surface area contributed by atoms with Crippen LogP contribution in [0.3, 0.4) is 0 Å². The molecule has 1 aromatic rings. The summed E-state index contributed by atoms with van der Waals surface area (Å²) in [7, 11) is 2.68. The van der Waals surface area contributed by atoms with Gasteiger partial charge in [-0.15, -0.1) is 0 Å². The third-order valence-corrected chi connectivity index (χ3v) is 4.12. The van der Waals surface area contributed by atoms with Crippen molar-refractivity contribution in [3.63, 3.8) is 0 Å². The number of hydrogen-bond acceptors (Lipinski definition) is 4. The first-order valence-corrected chi connectivity index (χ1v) is 7.28. The van der Waals surface area contributed by atoms with Crippen molar-refractivity contribution in [3.05, 3.63) is 23.5 Å². The van der Waals surface area contributed by atoms with Crippen LogP contribution >= 0.6 is 0 Å². The predicted molar refractivity (Wildman–Crippen MR) is 82.5 cm³/mol. The number of amides is 1. The number of carbonyl (C=O) groups excluding carboxylic acids is 1. The summed E-state index contributed by atoms with van der Waals surface area (Å²) >= 11 is 0. The van der Waals surface area contributed by atoms with Gasteiger partial charge in [-0.2, -0.15) is 0 Å². The summed E-state index contributed by atoms with van der Waals surface area (Å²) in [5.74, 6) is -2.32. The second-order valence-corrected chi connectivity index (χ2v) is 5.13. The van der Waals surface area contributed by atoms with Gasteiger partial charge in [0.2, 0.25) is 0 Å². The molecule has 0 aliphatic carbocycles. The lowest BCUT2D eigenvalue weighted by Crippen LogP contribution is -2.42. The van der Waals surface area contributed by atoms with E-state index in [-0.39, 0.29) is 23.6 Å². The van der Waals surface area contributed by atoms with E-state index in [0.717, 1.165) is 6.07 Å². The highest BCUT2D eigenvalue weighted by Gasteiger charge is 2.35. The topological polar surface area (TPSA) is 84.9 Å². The zero-order valence-corrected chi connectivity index (χ0v) is 13.7. The summed E-state index contributed by atoms with van der Waals surface area (Å²) < 4.78 is 24.1.